The lowest BCUT2D eigenvalue weighted by molar-refractivity contribution is -0.133. The number of urea groups is 1. The lowest BCUT2D eigenvalue weighted by Gasteiger charge is -2.25. The minimum atomic E-state index is -0.990. The highest BCUT2D eigenvalue weighted by molar-refractivity contribution is 5.92. The first-order valence-electron chi connectivity index (χ1n) is 22.9. The van der Waals surface area contributed by atoms with Crippen molar-refractivity contribution in [3.8, 4) is 5.88 Å². The molecule has 0 unspecified atom stereocenters. The standard InChI is InChI=1S/C44H70N14O9/c1-6-7-11-34-53-38-39(43(67-30(4)5)56-55-40(38)45)58(34)28-32-16-14-31(15-17-32)27-50-41(61)33(10-9-18-49-44(46)63)52-42(62)37(29(2)3)54-36(60)13-8-12-35(59)48-19-21-64-23-25-66-26-24-65-22-20-51-57-47/h14-17,29-30,33,37H,6-13,18-28H2,1-5H3,(H2,45,55)(H,48,59)(H,50,61)(H,52,62)(H,54,60)(H3,46,49,63)/t33-,37-/m0/s1. The van der Waals surface area contributed by atoms with Gasteiger partial charge < -0.3 is 61.6 Å². The summed E-state index contributed by atoms with van der Waals surface area (Å²) in [5, 5.41) is 25.4. The van der Waals surface area contributed by atoms with Gasteiger partial charge in [0, 0.05) is 56.9 Å². The number of nitrogens with two attached hydrogens (primary N) is 2. The highest BCUT2D eigenvalue weighted by Gasteiger charge is 2.29. The third-order valence-corrected chi connectivity index (χ3v) is 10.1. The van der Waals surface area contributed by atoms with E-state index in [-0.39, 0.29) is 82.2 Å². The van der Waals surface area contributed by atoms with Crippen LogP contribution in [0.15, 0.2) is 29.4 Å². The fraction of sp³-hybridized carbons (Fsp3) is 0.636. The molecule has 0 spiro atoms. The molecule has 3 aromatic rings. The zero-order valence-corrected chi connectivity index (χ0v) is 39.5. The van der Waals surface area contributed by atoms with E-state index >= 15 is 0 Å². The molecule has 2 atom stereocenters. The van der Waals surface area contributed by atoms with Gasteiger partial charge in [-0.1, -0.05) is 56.6 Å². The predicted molar refractivity (Wildman–Crippen MR) is 250 cm³/mol. The molecule has 0 aliphatic carbocycles. The first-order chi connectivity index (χ1) is 32.2. The monoisotopic (exact) mass is 939 g/mol. The van der Waals surface area contributed by atoms with Gasteiger partial charge in [-0.05, 0) is 62.1 Å². The summed E-state index contributed by atoms with van der Waals surface area (Å²) in [4.78, 5) is 71.3. The molecule has 23 heteroatoms. The number of fused-ring (bicyclic) bond motifs is 1. The molecule has 2 heterocycles. The van der Waals surface area contributed by atoms with E-state index in [0.717, 1.165) is 36.2 Å². The van der Waals surface area contributed by atoms with Gasteiger partial charge in [-0.25, -0.2) is 9.78 Å². The number of carbonyl (C=O) groups is 5. The van der Waals surface area contributed by atoms with E-state index < -0.39 is 35.8 Å². The second-order valence-electron chi connectivity index (χ2n) is 16.3. The summed E-state index contributed by atoms with van der Waals surface area (Å²) in [7, 11) is 0. The van der Waals surface area contributed by atoms with E-state index in [9.17, 15) is 24.0 Å². The Morgan fingerprint density at radius 1 is 0.806 bits per heavy atom. The maximum Gasteiger partial charge on any atom is 0.312 e. The van der Waals surface area contributed by atoms with Crippen molar-refractivity contribution in [1.82, 2.24) is 46.3 Å². The van der Waals surface area contributed by atoms with E-state index in [1.54, 1.807) is 13.8 Å². The van der Waals surface area contributed by atoms with Crippen LogP contribution >= 0.6 is 0 Å². The van der Waals surface area contributed by atoms with E-state index in [2.05, 4.69) is 58.3 Å². The summed E-state index contributed by atoms with van der Waals surface area (Å²) in [6, 6.07) is 5.08. The third kappa shape index (κ3) is 20.8. The Balaban J connectivity index is 1.52. The average molecular weight is 939 g/mol. The number of amides is 6. The largest absolute Gasteiger partial charge is 0.472 e. The summed E-state index contributed by atoms with van der Waals surface area (Å²) in [5.74, 6) is -0.546. The molecule has 9 N–H and O–H groups in total. The van der Waals surface area contributed by atoms with Gasteiger partial charge in [0.25, 0.3) is 5.88 Å². The van der Waals surface area contributed by atoms with Gasteiger partial charge in [0.1, 0.15) is 28.9 Å². The van der Waals surface area contributed by atoms with Crippen LogP contribution in [0.3, 0.4) is 0 Å². The van der Waals surface area contributed by atoms with E-state index in [1.165, 1.54) is 0 Å². The Morgan fingerprint density at radius 2 is 1.48 bits per heavy atom. The molecule has 0 saturated heterocycles. The van der Waals surface area contributed by atoms with Crippen LogP contribution in [-0.4, -0.2) is 127 Å². The van der Waals surface area contributed by atoms with Crippen molar-refractivity contribution in [2.45, 2.75) is 117 Å². The molecule has 3 rings (SSSR count). The van der Waals surface area contributed by atoms with Crippen LogP contribution in [0, 0.1) is 5.92 Å². The molecule has 0 bridgehead atoms. The van der Waals surface area contributed by atoms with Gasteiger partial charge in [-0.2, -0.15) is 0 Å². The maximum absolute atomic E-state index is 13.6. The molecule has 0 aliphatic heterocycles. The van der Waals surface area contributed by atoms with Crippen molar-refractivity contribution < 1.29 is 42.9 Å². The van der Waals surface area contributed by atoms with Crippen molar-refractivity contribution in [1.29, 1.82) is 0 Å². The minimum Gasteiger partial charge on any atom is -0.472 e. The van der Waals surface area contributed by atoms with Crippen molar-refractivity contribution in [3.05, 3.63) is 51.7 Å². The SMILES string of the molecule is CCCCc1nc2c(N)nnc(OC(C)C)c2n1Cc1ccc(CNC(=O)[C@H](CCCNC(N)=O)NC(=O)[C@@H](NC(=O)CCCC(=O)NCCOCCOCCOCCN=[N+]=[N-])C(C)C)cc1. The van der Waals surface area contributed by atoms with E-state index in [0.29, 0.717) is 62.9 Å². The number of ether oxygens (including phenoxy) is 4. The summed E-state index contributed by atoms with van der Waals surface area (Å²) in [6.07, 6.45) is 3.37. The molecule has 0 aliphatic rings. The minimum absolute atomic E-state index is 0.00430. The molecule has 1 aromatic carbocycles. The Bertz CT molecular complexity index is 2060. The Morgan fingerprint density at radius 3 is 2.13 bits per heavy atom. The number of aromatic nitrogens is 4. The van der Waals surface area contributed by atoms with Gasteiger partial charge in [0.05, 0.1) is 45.7 Å². The molecule has 370 valence electrons. The molecule has 23 nitrogen and oxygen atoms in total. The second-order valence-corrected chi connectivity index (χ2v) is 16.3. The molecule has 67 heavy (non-hydrogen) atoms. The summed E-state index contributed by atoms with van der Waals surface area (Å²) >= 11 is 0. The van der Waals surface area contributed by atoms with Crippen LogP contribution in [0.4, 0.5) is 10.6 Å². The number of rotatable bonds is 34. The third-order valence-electron chi connectivity index (χ3n) is 10.1. The first-order valence-corrected chi connectivity index (χ1v) is 22.9. The smallest absolute Gasteiger partial charge is 0.312 e. The second kappa shape index (κ2) is 30.8. The number of hydrogen-bond donors (Lipinski definition) is 7. The number of imidazole rings is 1. The topological polar surface area (TPSA) is 327 Å². The van der Waals surface area contributed by atoms with Crippen LogP contribution in [0.5, 0.6) is 5.88 Å². The van der Waals surface area contributed by atoms with Crippen molar-refractivity contribution >= 4 is 46.5 Å². The average Bonchev–Trinajstić information content (AvgIpc) is 3.66. The number of aryl methyl sites for hydroxylation is 1. The quantitative estimate of drug-likeness (QED) is 0.0196. The lowest BCUT2D eigenvalue weighted by atomic mass is 10.0. The molecule has 6 amide bonds. The predicted octanol–water partition coefficient (Wildman–Crippen LogP) is 2.92. The molecule has 0 saturated carbocycles. The van der Waals surface area contributed by atoms with Crippen molar-refractivity contribution in [2.75, 3.05) is 65.0 Å². The van der Waals surface area contributed by atoms with Crippen LogP contribution in [-0.2, 0) is 52.9 Å². The van der Waals surface area contributed by atoms with Gasteiger partial charge >= 0.3 is 6.03 Å². The van der Waals surface area contributed by atoms with Gasteiger partial charge in [-0.15, -0.1) is 10.2 Å². The molecule has 0 fully saturated rings. The van der Waals surface area contributed by atoms with Crippen LogP contribution in [0.25, 0.3) is 21.5 Å². The van der Waals surface area contributed by atoms with Gasteiger partial charge in [-0.3, -0.25) is 19.2 Å². The first kappa shape index (κ1) is 55.0. The number of carbonyl (C=O) groups excluding carboxylic acids is 5. The number of nitrogens with zero attached hydrogens (tertiary/aromatic N) is 7. The maximum atomic E-state index is 13.6. The zero-order chi connectivity index (χ0) is 49.0. The molecular formula is C44H70N14O9. The number of benzene rings is 1. The van der Waals surface area contributed by atoms with Crippen LogP contribution < -0.4 is 42.8 Å². The molecule has 0 radical (unpaired) electrons. The molecular weight excluding hydrogens is 869 g/mol. The van der Waals surface area contributed by atoms with Gasteiger partial charge in [0.2, 0.25) is 23.6 Å². The number of hydrogen-bond acceptors (Lipinski definition) is 14. The summed E-state index contributed by atoms with van der Waals surface area (Å²) in [5.41, 5.74) is 22.7. The van der Waals surface area contributed by atoms with Gasteiger partial charge in [0.15, 0.2) is 5.82 Å². The number of nitrogen functional groups attached to an aromatic ring is 1. The highest BCUT2D eigenvalue weighted by Crippen LogP contribution is 2.29. The number of nitrogens with one attached hydrogen (secondary N) is 5. The number of anilines is 1. The van der Waals surface area contributed by atoms with E-state index in [1.807, 2.05) is 38.1 Å². The van der Waals surface area contributed by atoms with Crippen molar-refractivity contribution in [3.63, 3.8) is 0 Å². The van der Waals surface area contributed by atoms with E-state index in [4.69, 9.17) is 40.9 Å². The Labute approximate surface area is 391 Å². The Hall–Kier alpha value is -6.29. The summed E-state index contributed by atoms with van der Waals surface area (Å²) < 4.78 is 24.1. The van der Waals surface area contributed by atoms with Crippen LogP contribution in [0.1, 0.15) is 96.5 Å². The number of unbranched alkanes of at least 4 members (excludes halogenated alkanes) is 1. The Kier molecular flexibility index (Phi) is 25.3. The van der Waals surface area contributed by atoms with Crippen LogP contribution in [0.2, 0.25) is 0 Å². The number of azide groups is 1. The fourth-order valence-electron chi connectivity index (χ4n) is 6.63. The van der Waals surface area contributed by atoms with Crippen molar-refractivity contribution in [2.24, 2.45) is 16.8 Å². The zero-order valence-electron chi connectivity index (χ0n) is 39.5. The number of primary amides is 1. The molecule has 2 aromatic heterocycles. The normalized spacial score (nSPS) is 12.0. The summed E-state index contributed by atoms with van der Waals surface area (Å²) in [6.45, 7) is 12.9. The fourth-order valence-corrected chi connectivity index (χ4v) is 6.63. The lowest BCUT2D eigenvalue weighted by Crippen LogP contribution is -2.55. The highest BCUT2D eigenvalue weighted by atomic mass is 16.5.